The van der Waals surface area contributed by atoms with Gasteiger partial charge in [-0.3, -0.25) is 4.79 Å². The quantitative estimate of drug-likeness (QED) is 0.629. The Morgan fingerprint density at radius 1 is 1.19 bits per heavy atom. The Kier molecular flexibility index (Phi) is 5.23. The van der Waals surface area contributed by atoms with Gasteiger partial charge in [0.1, 0.15) is 0 Å². The molecule has 0 saturated carbocycles. The molecule has 0 atom stereocenters. The fraction of sp³-hybridized carbons (Fsp3) is 0. The summed E-state index contributed by atoms with van der Waals surface area (Å²) in [5, 5.41) is 12.0. The van der Waals surface area contributed by atoms with E-state index in [1.165, 1.54) is 6.07 Å². The first kappa shape index (κ1) is 16.3. The van der Waals surface area contributed by atoms with Crippen molar-refractivity contribution >= 4 is 67.7 Å². The SMILES string of the molecule is O=C(O)c1cc(I)ccc1NC(=O)c1cccc(Br)c1Cl. The fourth-order valence-corrected chi connectivity index (χ4v) is 2.74. The van der Waals surface area contributed by atoms with Crippen molar-refractivity contribution in [1.82, 2.24) is 0 Å². The van der Waals surface area contributed by atoms with E-state index in [0.717, 1.165) is 3.57 Å². The van der Waals surface area contributed by atoms with E-state index in [0.29, 0.717) is 4.47 Å². The Morgan fingerprint density at radius 3 is 2.57 bits per heavy atom. The molecule has 0 aliphatic rings. The third-order valence-electron chi connectivity index (χ3n) is 2.66. The van der Waals surface area contributed by atoms with E-state index in [1.54, 1.807) is 30.3 Å². The van der Waals surface area contributed by atoms with Crippen LogP contribution in [-0.4, -0.2) is 17.0 Å². The molecule has 0 heterocycles. The van der Waals surface area contributed by atoms with Gasteiger partial charge >= 0.3 is 5.97 Å². The summed E-state index contributed by atoms with van der Waals surface area (Å²) in [4.78, 5) is 23.5. The van der Waals surface area contributed by atoms with E-state index in [4.69, 9.17) is 11.6 Å². The highest BCUT2D eigenvalue weighted by molar-refractivity contribution is 14.1. The van der Waals surface area contributed by atoms with E-state index in [9.17, 15) is 14.7 Å². The molecule has 4 nitrogen and oxygen atoms in total. The van der Waals surface area contributed by atoms with Crippen molar-refractivity contribution in [3.63, 3.8) is 0 Å². The van der Waals surface area contributed by atoms with E-state index >= 15 is 0 Å². The van der Waals surface area contributed by atoms with Crippen LogP contribution >= 0.6 is 50.1 Å². The van der Waals surface area contributed by atoms with Gasteiger partial charge < -0.3 is 10.4 Å². The van der Waals surface area contributed by atoms with Gasteiger partial charge in [-0.2, -0.15) is 0 Å². The smallest absolute Gasteiger partial charge is 0.337 e. The molecule has 0 saturated heterocycles. The average molecular weight is 480 g/mol. The van der Waals surface area contributed by atoms with Crippen LogP contribution in [0.15, 0.2) is 40.9 Å². The van der Waals surface area contributed by atoms with E-state index in [-0.39, 0.29) is 21.8 Å². The van der Waals surface area contributed by atoms with Crippen molar-refractivity contribution in [2.75, 3.05) is 5.32 Å². The second-order valence-electron chi connectivity index (χ2n) is 4.05. The molecule has 0 aliphatic heterocycles. The van der Waals surface area contributed by atoms with Crippen molar-refractivity contribution in [2.24, 2.45) is 0 Å². The summed E-state index contributed by atoms with van der Waals surface area (Å²) in [7, 11) is 0. The van der Waals surface area contributed by atoms with Gasteiger partial charge in [-0.25, -0.2) is 4.79 Å². The second-order valence-corrected chi connectivity index (χ2v) is 6.53. The molecule has 2 rings (SSSR count). The number of anilines is 1. The number of hydrogen-bond acceptors (Lipinski definition) is 2. The number of aromatic carboxylic acids is 1. The number of carboxylic acid groups (broad SMARTS) is 1. The predicted molar refractivity (Wildman–Crippen MR) is 93.2 cm³/mol. The molecule has 0 bridgehead atoms. The number of hydrogen-bond donors (Lipinski definition) is 2. The van der Waals surface area contributed by atoms with E-state index in [2.05, 4.69) is 21.2 Å². The van der Waals surface area contributed by atoms with Crippen molar-refractivity contribution in [2.45, 2.75) is 0 Å². The van der Waals surface area contributed by atoms with Crippen LogP contribution in [0.5, 0.6) is 0 Å². The number of carbonyl (C=O) groups excluding carboxylic acids is 1. The maximum atomic E-state index is 12.2. The lowest BCUT2D eigenvalue weighted by atomic mass is 10.1. The van der Waals surface area contributed by atoms with Crippen LogP contribution in [0.2, 0.25) is 5.02 Å². The first-order chi connectivity index (χ1) is 9.90. The first-order valence-corrected chi connectivity index (χ1v) is 7.93. The number of rotatable bonds is 3. The number of nitrogens with one attached hydrogen (secondary N) is 1. The minimum absolute atomic E-state index is 0.0290. The molecule has 21 heavy (non-hydrogen) atoms. The number of carbonyl (C=O) groups is 2. The van der Waals surface area contributed by atoms with Gasteiger partial charge in [0.15, 0.2) is 0 Å². The van der Waals surface area contributed by atoms with Gasteiger partial charge in [-0.15, -0.1) is 0 Å². The molecule has 2 aromatic carbocycles. The van der Waals surface area contributed by atoms with Gasteiger partial charge in [-0.1, -0.05) is 17.7 Å². The zero-order chi connectivity index (χ0) is 15.6. The monoisotopic (exact) mass is 479 g/mol. The van der Waals surface area contributed by atoms with Crippen molar-refractivity contribution in [3.05, 3.63) is 60.6 Å². The van der Waals surface area contributed by atoms with Crippen molar-refractivity contribution < 1.29 is 14.7 Å². The topological polar surface area (TPSA) is 66.4 Å². The van der Waals surface area contributed by atoms with E-state index < -0.39 is 11.9 Å². The lowest BCUT2D eigenvalue weighted by Crippen LogP contribution is -2.15. The molecular formula is C14H8BrClINO3. The third-order valence-corrected chi connectivity index (χ3v) is 4.62. The Bertz CT molecular complexity index is 736. The molecule has 0 unspecified atom stereocenters. The van der Waals surface area contributed by atoms with Gasteiger partial charge in [0.05, 0.1) is 21.8 Å². The van der Waals surface area contributed by atoms with Crippen molar-refractivity contribution in [3.8, 4) is 0 Å². The summed E-state index contributed by atoms with van der Waals surface area (Å²) in [6.45, 7) is 0. The molecule has 0 radical (unpaired) electrons. The van der Waals surface area contributed by atoms with Crippen LogP contribution < -0.4 is 5.32 Å². The molecule has 0 fully saturated rings. The van der Waals surface area contributed by atoms with Gasteiger partial charge in [0.2, 0.25) is 0 Å². The lowest BCUT2D eigenvalue weighted by molar-refractivity contribution is 0.0698. The first-order valence-electron chi connectivity index (χ1n) is 5.68. The Morgan fingerprint density at radius 2 is 1.90 bits per heavy atom. The number of carboxylic acids is 1. The van der Waals surface area contributed by atoms with Crippen LogP contribution in [0.1, 0.15) is 20.7 Å². The highest BCUT2D eigenvalue weighted by Gasteiger charge is 2.16. The highest BCUT2D eigenvalue weighted by Crippen LogP contribution is 2.27. The minimum atomic E-state index is -1.11. The zero-order valence-electron chi connectivity index (χ0n) is 10.4. The predicted octanol–water partition coefficient (Wildman–Crippen LogP) is 4.66. The van der Waals surface area contributed by atoms with Gasteiger partial charge in [0.25, 0.3) is 5.91 Å². The summed E-state index contributed by atoms with van der Waals surface area (Å²) in [5.74, 6) is -1.57. The molecule has 108 valence electrons. The molecule has 0 aliphatic carbocycles. The number of benzene rings is 2. The molecule has 7 heteroatoms. The largest absolute Gasteiger partial charge is 0.478 e. The Labute approximate surface area is 147 Å². The fourth-order valence-electron chi connectivity index (χ4n) is 1.67. The van der Waals surface area contributed by atoms with Gasteiger partial charge in [0, 0.05) is 8.04 Å². The Hall–Kier alpha value is -1.12. The highest BCUT2D eigenvalue weighted by atomic mass is 127. The summed E-state index contributed by atoms with van der Waals surface area (Å²) in [6, 6.07) is 9.71. The molecule has 1 amide bonds. The summed E-state index contributed by atoms with van der Waals surface area (Å²) in [6.07, 6.45) is 0. The molecule has 0 aromatic heterocycles. The van der Waals surface area contributed by atoms with E-state index in [1.807, 2.05) is 22.6 Å². The van der Waals surface area contributed by atoms with Crippen LogP contribution in [-0.2, 0) is 0 Å². The molecule has 0 spiro atoms. The normalized spacial score (nSPS) is 10.2. The van der Waals surface area contributed by atoms with Crippen molar-refractivity contribution in [1.29, 1.82) is 0 Å². The van der Waals surface area contributed by atoms with Crippen LogP contribution in [0.25, 0.3) is 0 Å². The molecule has 2 N–H and O–H groups in total. The molecular weight excluding hydrogens is 472 g/mol. The minimum Gasteiger partial charge on any atom is -0.478 e. The maximum absolute atomic E-state index is 12.2. The standard InChI is InChI=1S/C14H8BrClINO3/c15-10-3-1-2-8(12(10)16)13(19)18-11-5-4-7(17)6-9(11)14(20)21/h1-6H,(H,18,19)(H,20,21). The van der Waals surface area contributed by atoms with Crippen LogP contribution in [0.3, 0.4) is 0 Å². The Balaban J connectivity index is 2.36. The van der Waals surface area contributed by atoms with Crippen LogP contribution in [0, 0.1) is 3.57 Å². The lowest BCUT2D eigenvalue weighted by Gasteiger charge is -2.10. The van der Waals surface area contributed by atoms with Crippen LogP contribution in [0.4, 0.5) is 5.69 Å². The summed E-state index contributed by atoms with van der Waals surface area (Å²) in [5.41, 5.74) is 0.520. The second kappa shape index (κ2) is 6.76. The third kappa shape index (κ3) is 3.75. The summed E-state index contributed by atoms with van der Waals surface area (Å²) >= 11 is 11.3. The molecule has 2 aromatic rings. The summed E-state index contributed by atoms with van der Waals surface area (Å²) < 4.78 is 1.36. The zero-order valence-corrected chi connectivity index (χ0v) is 14.9. The number of amides is 1. The maximum Gasteiger partial charge on any atom is 0.337 e. The van der Waals surface area contributed by atoms with Gasteiger partial charge in [-0.05, 0) is 68.9 Å². The number of halogens is 3. The average Bonchev–Trinajstić information content (AvgIpc) is 2.43.